The van der Waals surface area contributed by atoms with Crippen molar-refractivity contribution in [3.8, 4) is 0 Å². The van der Waals surface area contributed by atoms with E-state index in [4.69, 9.17) is 0 Å². The zero-order valence-corrected chi connectivity index (χ0v) is 10.1. The van der Waals surface area contributed by atoms with Gasteiger partial charge in [-0.15, -0.1) is 0 Å². The van der Waals surface area contributed by atoms with Gasteiger partial charge in [0.05, 0.1) is 5.60 Å². The van der Waals surface area contributed by atoms with Crippen molar-refractivity contribution in [2.24, 2.45) is 0 Å². The van der Waals surface area contributed by atoms with Crippen molar-refractivity contribution in [1.29, 1.82) is 0 Å². The fraction of sp³-hybridized carbons (Fsp3) is 0.818. The molecule has 0 radical (unpaired) electrons. The van der Waals surface area contributed by atoms with Crippen LogP contribution in [0.3, 0.4) is 0 Å². The molecule has 0 bridgehead atoms. The minimum atomic E-state index is -0.654. The Morgan fingerprint density at radius 1 is 1.43 bits per heavy atom. The second-order valence-corrected chi connectivity index (χ2v) is 4.65. The molecule has 0 aromatic heterocycles. The molecule has 0 aromatic rings. The average molecular weight is 200 g/mol. The summed E-state index contributed by atoms with van der Waals surface area (Å²) in [6.07, 6.45) is 2.12. The molecule has 0 amide bonds. The number of likely N-dealkylation sites (N-methyl/N-ethyl adjacent to an activating group) is 1. The lowest BCUT2D eigenvalue weighted by molar-refractivity contribution is 0.0347. The fourth-order valence-corrected chi connectivity index (χ4v) is 1.35. The van der Waals surface area contributed by atoms with Crippen molar-refractivity contribution >= 4 is 0 Å². The van der Waals surface area contributed by atoms with Crippen LogP contribution in [0, 0.1) is 0 Å². The number of allylic oxidation sites excluding steroid dienone is 1. The summed E-state index contributed by atoms with van der Waals surface area (Å²) < 4.78 is 0. The topological polar surface area (TPSA) is 35.5 Å². The van der Waals surface area contributed by atoms with E-state index in [2.05, 4.69) is 25.2 Å². The van der Waals surface area contributed by atoms with Crippen LogP contribution in [0.4, 0.5) is 0 Å². The van der Waals surface area contributed by atoms with Gasteiger partial charge in [-0.1, -0.05) is 11.6 Å². The predicted octanol–water partition coefficient (Wildman–Crippen LogP) is 0.855. The molecule has 0 saturated heterocycles. The third-order valence-electron chi connectivity index (χ3n) is 1.82. The largest absolute Gasteiger partial charge is 0.388 e. The minimum absolute atomic E-state index is 0.620. The summed E-state index contributed by atoms with van der Waals surface area (Å²) in [5.74, 6) is 0. The zero-order valence-electron chi connectivity index (χ0n) is 10.1. The Labute approximate surface area is 87.8 Å². The van der Waals surface area contributed by atoms with E-state index < -0.39 is 5.60 Å². The molecule has 3 nitrogen and oxygen atoms in total. The Kier molecular flexibility index (Phi) is 6.00. The Hall–Kier alpha value is -0.380. The number of hydrogen-bond acceptors (Lipinski definition) is 3. The van der Waals surface area contributed by atoms with Crippen LogP contribution in [-0.2, 0) is 0 Å². The van der Waals surface area contributed by atoms with Gasteiger partial charge in [-0.2, -0.15) is 0 Å². The standard InChI is InChI=1S/C11H24N2O/c1-10(2)6-7-12-8-11(3,14)9-13(4)5/h6,12,14H,7-9H2,1-5H3. The van der Waals surface area contributed by atoms with Crippen LogP contribution in [0.2, 0.25) is 0 Å². The molecule has 0 aromatic carbocycles. The van der Waals surface area contributed by atoms with Crippen molar-refractivity contribution in [2.75, 3.05) is 33.7 Å². The molecular formula is C11H24N2O. The number of aliphatic hydroxyl groups is 1. The summed E-state index contributed by atoms with van der Waals surface area (Å²) in [6.45, 7) is 8.11. The molecule has 84 valence electrons. The third-order valence-corrected chi connectivity index (χ3v) is 1.82. The fourth-order valence-electron chi connectivity index (χ4n) is 1.35. The van der Waals surface area contributed by atoms with Crippen molar-refractivity contribution in [3.05, 3.63) is 11.6 Å². The highest BCUT2D eigenvalue weighted by molar-refractivity contribution is 4.94. The van der Waals surface area contributed by atoms with Gasteiger partial charge in [0, 0.05) is 19.6 Å². The first kappa shape index (κ1) is 13.6. The first-order valence-electron chi connectivity index (χ1n) is 5.05. The molecule has 0 heterocycles. The van der Waals surface area contributed by atoms with Gasteiger partial charge in [0.1, 0.15) is 0 Å². The van der Waals surface area contributed by atoms with Gasteiger partial charge < -0.3 is 15.3 Å². The molecule has 0 aliphatic carbocycles. The number of rotatable bonds is 6. The van der Waals surface area contributed by atoms with Crippen LogP contribution in [0.15, 0.2) is 11.6 Å². The van der Waals surface area contributed by atoms with Gasteiger partial charge in [-0.25, -0.2) is 0 Å². The molecule has 0 fully saturated rings. The summed E-state index contributed by atoms with van der Waals surface area (Å²) in [7, 11) is 3.93. The molecule has 2 N–H and O–H groups in total. The van der Waals surface area contributed by atoms with E-state index in [9.17, 15) is 5.11 Å². The highest BCUT2D eigenvalue weighted by atomic mass is 16.3. The maximum atomic E-state index is 9.93. The van der Waals surface area contributed by atoms with E-state index in [1.807, 2.05) is 25.9 Å². The smallest absolute Gasteiger partial charge is 0.0869 e. The van der Waals surface area contributed by atoms with Gasteiger partial charge in [0.2, 0.25) is 0 Å². The molecular weight excluding hydrogens is 176 g/mol. The lowest BCUT2D eigenvalue weighted by Crippen LogP contribution is -2.45. The molecule has 1 unspecified atom stereocenters. The second kappa shape index (κ2) is 6.17. The Balaban J connectivity index is 3.71. The van der Waals surface area contributed by atoms with Crippen LogP contribution in [-0.4, -0.2) is 49.3 Å². The van der Waals surface area contributed by atoms with E-state index in [-0.39, 0.29) is 0 Å². The Morgan fingerprint density at radius 3 is 2.43 bits per heavy atom. The normalized spacial score (nSPS) is 15.4. The molecule has 0 saturated carbocycles. The van der Waals surface area contributed by atoms with Crippen LogP contribution < -0.4 is 5.32 Å². The number of nitrogens with one attached hydrogen (secondary N) is 1. The predicted molar refractivity (Wildman–Crippen MR) is 61.5 cm³/mol. The molecule has 0 aliphatic heterocycles. The van der Waals surface area contributed by atoms with Crippen molar-refractivity contribution < 1.29 is 5.11 Å². The van der Waals surface area contributed by atoms with E-state index >= 15 is 0 Å². The van der Waals surface area contributed by atoms with Crippen LogP contribution >= 0.6 is 0 Å². The second-order valence-electron chi connectivity index (χ2n) is 4.65. The summed E-state index contributed by atoms with van der Waals surface area (Å²) in [5.41, 5.74) is 0.642. The molecule has 3 heteroatoms. The van der Waals surface area contributed by atoms with E-state index in [0.29, 0.717) is 13.1 Å². The van der Waals surface area contributed by atoms with Crippen molar-refractivity contribution in [2.45, 2.75) is 26.4 Å². The van der Waals surface area contributed by atoms with E-state index in [1.165, 1.54) is 5.57 Å². The van der Waals surface area contributed by atoms with Gasteiger partial charge in [0.25, 0.3) is 0 Å². The highest BCUT2D eigenvalue weighted by Gasteiger charge is 2.19. The first-order valence-corrected chi connectivity index (χ1v) is 5.05. The third kappa shape index (κ3) is 8.23. The van der Waals surface area contributed by atoms with Crippen molar-refractivity contribution in [1.82, 2.24) is 10.2 Å². The van der Waals surface area contributed by atoms with E-state index in [1.54, 1.807) is 0 Å². The Morgan fingerprint density at radius 2 is 2.00 bits per heavy atom. The number of hydrogen-bond donors (Lipinski definition) is 2. The molecule has 0 aliphatic rings. The molecule has 0 rings (SSSR count). The maximum Gasteiger partial charge on any atom is 0.0869 e. The minimum Gasteiger partial charge on any atom is -0.388 e. The molecule has 1 atom stereocenters. The highest BCUT2D eigenvalue weighted by Crippen LogP contribution is 2.02. The van der Waals surface area contributed by atoms with Crippen LogP contribution in [0.1, 0.15) is 20.8 Å². The Bertz CT molecular complexity index is 182. The first-order chi connectivity index (χ1) is 6.33. The number of nitrogens with zero attached hydrogens (tertiary/aromatic N) is 1. The summed E-state index contributed by atoms with van der Waals surface area (Å²) in [4.78, 5) is 1.99. The van der Waals surface area contributed by atoms with Crippen LogP contribution in [0.5, 0.6) is 0 Å². The zero-order chi connectivity index (χ0) is 11.2. The van der Waals surface area contributed by atoms with Crippen LogP contribution in [0.25, 0.3) is 0 Å². The van der Waals surface area contributed by atoms with Gasteiger partial charge >= 0.3 is 0 Å². The lowest BCUT2D eigenvalue weighted by Gasteiger charge is -2.27. The maximum absolute atomic E-state index is 9.93. The van der Waals surface area contributed by atoms with Gasteiger partial charge in [-0.3, -0.25) is 0 Å². The van der Waals surface area contributed by atoms with Crippen molar-refractivity contribution in [3.63, 3.8) is 0 Å². The lowest BCUT2D eigenvalue weighted by atomic mass is 10.1. The van der Waals surface area contributed by atoms with Gasteiger partial charge in [-0.05, 0) is 34.9 Å². The van der Waals surface area contributed by atoms with Gasteiger partial charge in [0.15, 0.2) is 0 Å². The average Bonchev–Trinajstić information content (AvgIpc) is 1.95. The molecule has 0 spiro atoms. The summed E-state index contributed by atoms with van der Waals surface area (Å²) >= 11 is 0. The molecule has 14 heavy (non-hydrogen) atoms. The quantitative estimate of drug-likeness (QED) is 0.493. The SMILES string of the molecule is CC(C)=CCNCC(C)(O)CN(C)C. The summed E-state index contributed by atoms with van der Waals surface area (Å²) in [5, 5.41) is 13.1. The monoisotopic (exact) mass is 200 g/mol. The van der Waals surface area contributed by atoms with E-state index in [0.717, 1.165) is 6.54 Å². The summed E-state index contributed by atoms with van der Waals surface area (Å²) in [6, 6.07) is 0.